The van der Waals surface area contributed by atoms with E-state index >= 15 is 0 Å². The first-order valence-corrected chi connectivity index (χ1v) is 5.94. The Kier molecular flexibility index (Phi) is 5.79. The lowest BCUT2D eigenvalue weighted by atomic mass is 9.86. The van der Waals surface area contributed by atoms with E-state index in [2.05, 4.69) is 0 Å². The number of hydrogen-bond donors (Lipinski definition) is 0. The van der Waals surface area contributed by atoms with Gasteiger partial charge in [0.05, 0.1) is 5.41 Å². The molecule has 16 heavy (non-hydrogen) atoms. The fourth-order valence-corrected chi connectivity index (χ4v) is 1.41. The number of rotatable bonds is 0. The van der Waals surface area contributed by atoms with Crippen molar-refractivity contribution >= 4 is 5.97 Å². The molecule has 1 aliphatic heterocycles. The predicted octanol–water partition coefficient (Wildman–Crippen LogP) is 3.94. The molecule has 0 atom stereocenters. The molecule has 0 N–H and O–H groups in total. The van der Waals surface area contributed by atoms with E-state index in [1.807, 2.05) is 65.8 Å². The first-order chi connectivity index (χ1) is 7.62. The molecule has 0 saturated heterocycles. The van der Waals surface area contributed by atoms with Gasteiger partial charge in [-0.15, -0.1) is 0 Å². The first kappa shape index (κ1) is 14.7. The Hall–Kier alpha value is -1.31. The zero-order chi connectivity index (χ0) is 12.8. The maximum absolute atomic E-state index is 11.3. The van der Waals surface area contributed by atoms with Crippen molar-refractivity contribution in [3.05, 3.63) is 29.8 Å². The fourth-order valence-electron chi connectivity index (χ4n) is 1.41. The quantitative estimate of drug-likeness (QED) is 0.491. The smallest absolute Gasteiger partial charge is 0.321 e. The Labute approximate surface area is 98.6 Å². The fraction of sp³-hybridized carbons (Fsp3) is 0.500. The van der Waals surface area contributed by atoms with Crippen LogP contribution in [0.1, 0.15) is 47.1 Å². The van der Waals surface area contributed by atoms with Gasteiger partial charge in [-0.2, -0.15) is 0 Å². The largest absolute Gasteiger partial charge is 0.426 e. The SMILES string of the molecule is CC.CC.CC1(C)C(=O)Oc2ccccc21. The number of fused-ring (bicyclic) bond motifs is 1. The van der Waals surface area contributed by atoms with Gasteiger partial charge in [0.25, 0.3) is 0 Å². The molecule has 0 spiro atoms. The predicted molar refractivity (Wildman–Crippen MR) is 67.8 cm³/mol. The Balaban J connectivity index is 0.000000509. The lowest BCUT2D eigenvalue weighted by molar-refractivity contribution is -0.137. The van der Waals surface area contributed by atoms with E-state index in [-0.39, 0.29) is 5.97 Å². The van der Waals surface area contributed by atoms with Crippen LogP contribution in [0.3, 0.4) is 0 Å². The van der Waals surface area contributed by atoms with E-state index in [1.165, 1.54) is 0 Å². The molecule has 0 radical (unpaired) electrons. The van der Waals surface area contributed by atoms with Gasteiger partial charge in [0.15, 0.2) is 0 Å². The minimum atomic E-state index is -0.476. The summed E-state index contributed by atoms with van der Waals surface area (Å²) in [5, 5.41) is 0. The van der Waals surface area contributed by atoms with E-state index in [1.54, 1.807) is 0 Å². The normalized spacial score (nSPS) is 14.8. The highest BCUT2D eigenvalue weighted by molar-refractivity contribution is 5.89. The van der Waals surface area contributed by atoms with Crippen LogP contribution in [0.2, 0.25) is 0 Å². The lowest BCUT2D eigenvalue weighted by Gasteiger charge is -2.11. The maximum atomic E-state index is 11.3. The van der Waals surface area contributed by atoms with Gasteiger partial charge < -0.3 is 4.74 Å². The van der Waals surface area contributed by atoms with Crippen LogP contribution in [0, 0.1) is 0 Å². The molecule has 2 heteroatoms. The van der Waals surface area contributed by atoms with E-state index in [9.17, 15) is 4.79 Å². The molecule has 0 fully saturated rings. The molecule has 0 bridgehead atoms. The Morgan fingerprint density at radius 2 is 1.50 bits per heavy atom. The van der Waals surface area contributed by atoms with Crippen molar-refractivity contribution in [1.82, 2.24) is 0 Å². The second-order valence-corrected chi connectivity index (χ2v) is 3.51. The van der Waals surface area contributed by atoms with E-state index in [4.69, 9.17) is 4.74 Å². The van der Waals surface area contributed by atoms with Crippen LogP contribution in [0.5, 0.6) is 5.75 Å². The van der Waals surface area contributed by atoms with Crippen molar-refractivity contribution < 1.29 is 9.53 Å². The molecular weight excluding hydrogens is 200 g/mol. The van der Waals surface area contributed by atoms with Crippen LogP contribution in [0.4, 0.5) is 0 Å². The minimum Gasteiger partial charge on any atom is -0.426 e. The number of carbonyl (C=O) groups excluding carboxylic acids is 1. The van der Waals surface area contributed by atoms with Crippen molar-refractivity contribution in [2.24, 2.45) is 0 Å². The summed E-state index contributed by atoms with van der Waals surface area (Å²) < 4.78 is 5.08. The summed E-state index contributed by atoms with van der Waals surface area (Å²) >= 11 is 0. The van der Waals surface area contributed by atoms with Crippen LogP contribution in [0.25, 0.3) is 0 Å². The zero-order valence-corrected chi connectivity index (χ0v) is 11.1. The van der Waals surface area contributed by atoms with Crippen molar-refractivity contribution in [3.63, 3.8) is 0 Å². The minimum absolute atomic E-state index is 0.163. The second-order valence-electron chi connectivity index (χ2n) is 3.51. The van der Waals surface area contributed by atoms with Gasteiger partial charge in [0, 0.05) is 5.56 Å². The summed E-state index contributed by atoms with van der Waals surface area (Å²) in [6.45, 7) is 11.8. The van der Waals surface area contributed by atoms with Crippen LogP contribution >= 0.6 is 0 Å². The van der Waals surface area contributed by atoms with Crippen LogP contribution < -0.4 is 4.74 Å². The molecule has 2 nitrogen and oxygen atoms in total. The van der Waals surface area contributed by atoms with E-state index in [0.29, 0.717) is 5.75 Å². The third-order valence-corrected chi connectivity index (χ3v) is 2.27. The summed E-state index contributed by atoms with van der Waals surface area (Å²) in [7, 11) is 0. The summed E-state index contributed by atoms with van der Waals surface area (Å²) in [5.41, 5.74) is 0.506. The van der Waals surface area contributed by atoms with Gasteiger partial charge >= 0.3 is 5.97 Å². The molecule has 2 rings (SSSR count). The number of esters is 1. The summed E-state index contributed by atoms with van der Waals surface area (Å²) in [6, 6.07) is 7.54. The molecule has 1 aromatic carbocycles. The zero-order valence-electron chi connectivity index (χ0n) is 11.1. The molecule has 90 valence electrons. The van der Waals surface area contributed by atoms with Crippen LogP contribution in [-0.2, 0) is 10.2 Å². The van der Waals surface area contributed by atoms with Gasteiger partial charge in [-0.1, -0.05) is 45.9 Å². The molecule has 1 heterocycles. The van der Waals surface area contributed by atoms with Gasteiger partial charge in [-0.05, 0) is 19.9 Å². The topological polar surface area (TPSA) is 26.3 Å². The Morgan fingerprint density at radius 3 is 2.00 bits per heavy atom. The lowest BCUT2D eigenvalue weighted by Crippen LogP contribution is -2.25. The monoisotopic (exact) mass is 222 g/mol. The number of ether oxygens (including phenoxy) is 1. The molecule has 0 aromatic heterocycles. The molecular formula is C14H22O2. The van der Waals surface area contributed by atoms with Gasteiger partial charge in [0.1, 0.15) is 5.75 Å². The van der Waals surface area contributed by atoms with Crippen molar-refractivity contribution in [2.45, 2.75) is 47.0 Å². The molecule has 0 saturated carbocycles. The molecule has 0 amide bonds. The molecule has 0 unspecified atom stereocenters. The highest BCUT2D eigenvalue weighted by Gasteiger charge is 2.40. The number of carbonyl (C=O) groups is 1. The Bertz CT molecular complexity index is 340. The van der Waals surface area contributed by atoms with E-state index < -0.39 is 5.41 Å². The third-order valence-electron chi connectivity index (χ3n) is 2.27. The highest BCUT2D eigenvalue weighted by Crippen LogP contribution is 2.38. The summed E-state index contributed by atoms with van der Waals surface area (Å²) in [5.74, 6) is 0.538. The van der Waals surface area contributed by atoms with Crippen molar-refractivity contribution in [3.8, 4) is 5.75 Å². The summed E-state index contributed by atoms with van der Waals surface area (Å²) in [4.78, 5) is 11.3. The average Bonchev–Trinajstić information content (AvgIpc) is 2.56. The summed E-state index contributed by atoms with van der Waals surface area (Å²) in [6.07, 6.45) is 0. The Morgan fingerprint density at radius 1 is 1.00 bits per heavy atom. The van der Waals surface area contributed by atoms with Gasteiger partial charge in [-0.25, -0.2) is 0 Å². The van der Waals surface area contributed by atoms with Crippen molar-refractivity contribution in [1.29, 1.82) is 0 Å². The molecule has 1 aliphatic rings. The second kappa shape index (κ2) is 6.31. The number of benzene rings is 1. The maximum Gasteiger partial charge on any atom is 0.321 e. The third kappa shape index (κ3) is 2.63. The standard InChI is InChI=1S/C10H10O2.2C2H6/c1-10(2)7-5-3-4-6-8(7)12-9(10)11;2*1-2/h3-6H,1-2H3;2*1-2H3. The molecule has 1 aromatic rings. The van der Waals surface area contributed by atoms with Gasteiger partial charge in [0.2, 0.25) is 0 Å². The molecule has 0 aliphatic carbocycles. The number of para-hydroxylation sites is 1. The number of hydrogen-bond acceptors (Lipinski definition) is 2. The first-order valence-electron chi connectivity index (χ1n) is 5.94. The highest BCUT2D eigenvalue weighted by atomic mass is 16.5. The van der Waals surface area contributed by atoms with Gasteiger partial charge in [-0.3, -0.25) is 4.79 Å². The van der Waals surface area contributed by atoms with E-state index in [0.717, 1.165) is 5.56 Å². The average molecular weight is 222 g/mol. The van der Waals surface area contributed by atoms with Crippen LogP contribution in [-0.4, -0.2) is 5.97 Å². The van der Waals surface area contributed by atoms with Crippen molar-refractivity contribution in [2.75, 3.05) is 0 Å². The van der Waals surface area contributed by atoms with Crippen LogP contribution in [0.15, 0.2) is 24.3 Å².